The van der Waals surface area contributed by atoms with Gasteiger partial charge in [-0.25, -0.2) is 13.9 Å². The van der Waals surface area contributed by atoms with Crippen LogP contribution in [0.1, 0.15) is 24.0 Å². The smallest absolute Gasteiger partial charge is 0.262 e. The highest BCUT2D eigenvalue weighted by molar-refractivity contribution is 9.10. The summed E-state index contributed by atoms with van der Waals surface area (Å²) < 4.78 is 33.5. The zero-order valence-corrected chi connectivity index (χ0v) is 24.2. The van der Waals surface area contributed by atoms with Gasteiger partial charge in [-0.05, 0) is 73.9 Å². The Bertz CT molecular complexity index is 1370. The van der Waals surface area contributed by atoms with E-state index in [0.29, 0.717) is 43.1 Å². The fourth-order valence-corrected chi connectivity index (χ4v) is 5.89. The fourth-order valence-electron chi connectivity index (χ4n) is 4.71. The van der Waals surface area contributed by atoms with Gasteiger partial charge in [0, 0.05) is 17.6 Å². The van der Waals surface area contributed by atoms with E-state index in [1.54, 1.807) is 34.6 Å². The van der Waals surface area contributed by atoms with Gasteiger partial charge in [-0.1, -0.05) is 45.8 Å². The monoisotopic (exact) mass is 617 g/mol. The van der Waals surface area contributed by atoms with Gasteiger partial charge in [0.25, 0.3) is 5.91 Å². The first-order chi connectivity index (χ1) is 18.5. The quantitative estimate of drug-likeness (QED) is 0.243. The van der Waals surface area contributed by atoms with Crippen LogP contribution in [-0.4, -0.2) is 61.5 Å². The first-order valence-electron chi connectivity index (χ1n) is 12.5. The van der Waals surface area contributed by atoms with Gasteiger partial charge in [0.05, 0.1) is 24.1 Å². The molecule has 0 saturated carbocycles. The van der Waals surface area contributed by atoms with Gasteiger partial charge in [0.1, 0.15) is 17.5 Å². The van der Waals surface area contributed by atoms with Crippen LogP contribution >= 0.6 is 15.9 Å². The van der Waals surface area contributed by atoms with Gasteiger partial charge in [-0.3, -0.25) is 19.2 Å². The lowest BCUT2D eigenvalue weighted by molar-refractivity contribution is -0.136. The number of hydrogen-bond donors (Lipinski definition) is 3. The molecule has 1 aliphatic rings. The number of halogens is 1. The van der Waals surface area contributed by atoms with Crippen LogP contribution in [0.5, 0.6) is 11.5 Å². The molecule has 1 heterocycles. The molecule has 0 aliphatic carbocycles. The summed E-state index contributed by atoms with van der Waals surface area (Å²) >= 11 is 3.40. The van der Waals surface area contributed by atoms with E-state index in [4.69, 9.17) is 4.74 Å². The molecule has 11 heteroatoms. The number of rotatable bonds is 9. The minimum Gasteiger partial charge on any atom is -0.457 e. The van der Waals surface area contributed by atoms with E-state index >= 15 is 0 Å². The summed E-state index contributed by atoms with van der Waals surface area (Å²) in [5.74, 6) is 0.460. The summed E-state index contributed by atoms with van der Waals surface area (Å²) in [6.07, 6.45) is 1.75. The van der Waals surface area contributed by atoms with Crippen LogP contribution in [0.15, 0.2) is 77.3 Å². The van der Waals surface area contributed by atoms with Gasteiger partial charge in [-0.2, -0.15) is 0 Å². The Hall–Kier alpha value is -2.96. The molecule has 3 aromatic carbocycles. The van der Waals surface area contributed by atoms with Crippen molar-refractivity contribution >= 4 is 37.5 Å². The van der Waals surface area contributed by atoms with Crippen molar-refractivity contribution in [3.05, 3.63) is 88.4 Å². The Balaban J connectivity index is 1.51. The minimum absolute atomic E-state index is 0.222. The average Bonchev–Trinajstić information content (AvgIpc) is 2.91. The third-order valence-corrected chi connectivity index (χ3v) is 8.67. The maximum Gasteiger partial charge on any atom is 0.262 e. The SMILES string of the molecule is Cc1ccc(Oc2ccc(N(CC(C(=O)NO)N3CCC(O)(c4ccc(Br)cc4)CC3)S(C)(=O)=O)cc2)cc1. The van der Waals surface area contributed by atoms with E-state index in [-0.39, 0.29) is 6.54 Å². The number of carbonyl (C=O) groups is 1. The highest BCUT2D eigenvalue weighted by Gasteiger charge is 2.39. The highest BCUT2D eigenvalue weighted by Crippen LogP contribution is 2.34. The number of amides is 1. The van der Waals surface area contributed by atoms with Crippen molar-refractivity contribution in [3.63, 3.8) is 0 Å². The molecular formula is C28H32BrN3O6S. The van der Waals surface area contributed by atoms with E-state index < -0.39 is 27.6 Å². The molecule has 1 amide bonds. The van der Waals surface area contributed by atoms with Crippen LogP contribution in [0.3, 0.4) is 0 Å². The number of nitrogens with one attached hydrogen (secondary N) is 1. The van der Waals surface area contributed by atoms with Crippen LogP contribution < -0.4 is 14.5 Å². The first kappa shape index (κ1) is 29.0. The minimum atomic E-state index is -3.79. The Morgan fingerprint density at radius 1 is 1.03 bits per heavy atom. The predicted octanol–water partition coefficient (Wildman–Crippen LogP) is 4.17. The number of hydrogen-bond acceptors (Lipinski definition) is 7. The van der Waals surface area contributed by atoms with Crippen LogP contribution in [0.4, 0.5) is 5.69 Å². The lowest BCUT2D eigenvalue weighted by Gasteiger charge is -2.42. The van der Waals surface area contributed by atoms with Crippen molar-refractivity contribution in [3.8, 4) is 11.5 Å². The number of aryl methyl sites for hydroxylation is 1. The summed E-state index contributed by atoms with van der Waals surface area (Å²) in [6, 6.07) is 20.6. The molecule has 0 bridgehead atoms. The number of hydroxylamine groups is 1. The summed E-state index contributed by atoms with van der Waals surface area (Å²) in [5.41, 5.74) is 2.85. The second-order valence-corrected chi connectivity index (χ2v) is 12.6. The molecule has 4 rings (SSSR count). The number of likely N-dealkylation sites (tertiary alicyclic amines) is 1. The van der Waals surface area contributed by atoms with E-state index in [1.807, 2.05) is 55.5 Å². The number of benzene rings is 3. The molecule has 1 saturated heterocycles. The van der Waals surface area contributed by atoms with E-state index in [2.05, 4.69) is 15.9 Å². The topological polar surface area (TPSA) is 119 Å². The number of anilines is 1. The van der Waals surface area contributed by atoms with Crippen molar-refractivity contribution in [2.75, 3.05) is 30.2 Å². The van der Waals surface area contributed by atoms with Crippen LogP contribution in [0.2, 0.25) is 0 Å². The molecule has 9 nitrogen and oxygen atoms in total. The molecular weight excluding hydrogens is 586 g/mol. The maximum absolute atomic E-state index is 12.8. The van der Waals surface area contributed by atoms with Gasteiger partial charge >= 0.3 is 0 Å². The summed E-state index contributed by atoms with van der Waals surface area (Å²) in [5, 5.41) is 20.7. The van der Waals surface area contributed by atoms with Crippen molar-refractivity contribution in [2.24, 2.45) is 0 Å². The molecule has 0 spiro atoms. The Kier molecular flexibility index (Phi) is 8.97. The third-order valence-electron chi connectivity index (χ3n) is 6.98. The molecule has 0 radical (unpaired) electrons. The fraction of sp³-hybridized carbons (Fsp3) is 0.321. The summed E-state index contributed by atoms with van der Waals surface area (Å²) in [6.45, 7) is 2.41. The van der Waals surface area contributed by atoms with E-state index in [0.717, 1.165) is 26.2 Å². The van der Waals surface area contributed by atoms with Gasteiger partial charge < -0.3 is 9.84 Å². The van der Waals surface area contributed by atoms with E-state index in [9.17, 15) is 23.5 Å². The number of carbonyl (C=O) groups excluding carboxylic acids is 1. The molecule has 208 valence electrons. The number of nitrogens with zero attached hydrogens (tertiary/aromatic N) is 2. The van der Waals surface area contributed by atoms with Crippen molar-refractivity contribution in [2.45, 2.75) is 31.4 Å². The molecule has 1 aliphatic heterocycles. The largest absolute Gasteiger partial charge is 0.457 e. The molecule has 3 N–H and O–H groups in total. The van der Waals surface area contributed by atoms with Crippen LogP contribution in [-0.2, 0) is 20.4 Å². The summed E-state index contributed by atoms with van der Waals surface area (Å²) in [4.78, 5) is 14.5. The second kappa shape index (κ2) is 12.1. The number of sulfonamides is 1. The number of ether oxygens (including phenoxy) is 1. The van der Waals surface area contributed by atoms with Crippen molar-refractivity contribution in [1.29, 1.82) is 0 Å². The molecule has 1 fully saturated rings. The number of piperidine rings is 1. The standard InChI is InChI=1S/C28H32BrN3O6S/c1-20-3-11-24(12-4-20)38-25-13-9-23(10-14-25)32(39(2,36)37)19-26(27(33)30-35)31-17-15-28(34,16-18-31)21-5-7-22(29)8-6-21/h3-14,26,34-35H,15-19H2,1-2H3,(H,30,33). The Morgan fingerprint density at radius 3 is 2.08 bits per heavy atom. The molecule has 0 aromatic heterocycles. The van der Waals surface area contributed by atoms with Crippen molar-refractivity contribution in [1.82, 2.24) is 10.4 Å². The third kappa shape index (κ3) is 7.17. The normalized spacial score (nSPS) is 16.3. The van der Waals surface area contributed by atoms with Crippen LogP contribution in [0, 0.1) is 6.92 Å². The van der Waals surface area contributed by atoms with Crippen LogP contribution in [0.25, 0.3) is 0 Å². The van der Waals surface area contributed by atoms with Gasteiger partial charge in [0.2, 0.25) is 10.0 Å². The lowest BCUT2D eigenvalue weighted by Crippen LogP contribution is -2.56. The average molecular weight is 619 g/mol. The highest BCUT2D eigenvalue weighted by atomic mass is 79.9. The predicted molar refractivity (Wildman–Crippen MR) is 152 cm³/mol. The van der Waals surface area contributed by atoms with E-state index in [1.165, 1.54) is 0 Å². The Labute approximate surface area is 237 Å². The first-order valence-corrected chi connectivity index (χ1v) is 15.1. The Morgan fingerprint density at radius 2 is 1.56 bits per heavy atom. The molecule has 1 atom stereocenters. The zero-order chi connectivity index (χ0) is 28.2. The van der Waals surface area contributed by atoms with Crippen molar-refractivity contribution < 1.29 is 28.3 Å². The number of aliphatic hydroxyl groups is 1. The molecule has 39 heavy (non-hydrogen) atoms. The zero-order valence-electron chi connectivity index (χ0n) is 21.7. The van der Waals surface area contributed by atoms with Gasteiger partial charge in [0.15, 0.2) is 0 Å². The molecule has 3 aromatic rings. The van der Waals surface area contributed by atoms with Gasteiger partial charge in [-0.15, -0.1) is 0 Å². The lowest BCUT2D eigenvalue weighted by atomic mass is 9.84. The second-order valence-electron chi connectivity index (χ2n) is 9.77. The molecule has 1 unspecified atom stereocenters. The maximum atomic E-state index is 12.8. The summed E-state index contributed by atoms with van der Waals surface area (Å²) in [7, 11) is -3.79.